The number of hydrogen-bond acceptors (Lipinski definition) is 22. The first-order valence-corrected chi connectivity index (χ1v) is 38.3. The van der Waals surface area contributed by atoms with Gasteiger partial charge in [0.25, 0.3) is 0 Å². The number of aliphatic hydroxyl groups is 3. The summed E-state index contributed by atoms with van der Waals surface area (Å²) >= 11 is 8.09. The van der Waals surface area contributed by atoms with E-state index in [4.69, 9.17) is 17.2 Å². The molecule has 5 aromatic rings. The topological polar surface area (TPSA) is 587 Å². The zero-order valence-corrected chi connectivity index (χ0v) is 65.3. The van der Waals surface area contributed by atoms with E-state index in [9.17, 15) is 78.0 Å². The molecule has 0 saturated carbocycles. The summed E-state index contributed by atoms with van der Waals surface area (Å²) in [5.74, 6) is -16.2. The average molecular weight is 1620 g/mol. The molecule has 0 unspecified atom stereocenters. The fourth-order valence-electron chi connectivity index (χ4n) is 11.7. The summed E-state index contributed by atoms with van der Waals surface area (Å²) in [5.41, 5.74) is 19.7. The molecule has 0 aliphatic heterocycles. The molecule has 15 atom stereocenters. The normalized spacial score (nSPS) is 15.1. The molecule has 0 spiro atoms. The van der Waals surface area contributed by atoms with E-state index in [2.05, 4.69) is 99.4 Å². The number of amides is 14. The van der Waals surface area contributed by atoms with E-state index in [-0.39, 0.29) is 63.0 Å². The molecule has 4 aromatic carbocycles. The minimum absolute atomic E-state index is 0.00840. The van der Waals surface area contributed by atoms with E-state index >= 15 is 14.4 Å². The largest absolute Gasteiger partial charge is 0.480 e. The molecule has 0 aliphatic carbocycles. The third-order valence-corrected chi connectivity index (χ3v) is 18.7. The Morgan fingerprint density at radius 3 is 1.23 bits per heavy atom. The van der Waals surface area contributed by atoms with Gasteiger partial charge in [-0.15, -0.1) is 0 Å². The van der Waals surface area contributed by atoms with Crippen LogP contribution >= 0.6 is 25.3 Å². The van der Waals surface area contributed by atoms with Gasteiger partial charge in [0.05, 0.1) is 37.8 Å². The highest BCUT2D eigenvalue weighted by Crippen LogP contribution is 2.21. The summed E-state index contributed by atoms with van der Waals surface area (Å²) < 4.78 is 0. The van der Waals surface area contributed by atoms with Gasteiger partial charge in [-0.25, -0.2) is 4.79 Å². The average Bonchev–Trinajstić information content (AvgIpc) is 1.60. The number of aliphatic hydroxyl groups excluding tert-OH is 3. The first-order valence-electron chi connectivity index (χ1n) is 37.0. The van der Waals surface area contributed by atoms with Crippen LogP contribution in [-0.4, -0.2) is 236 Å². The highest BCUT2D eigenvalue weighted by molar-refractivity contribution is 7.80. The number of para-hydroxylation sites is 1. The first kappa shape index (κ1) is 93.6. The van der Waals surface area contributed by atoms with E-state index < -0.39 is 199 Å². The van der Waals surface area contributed by atoms with Crippen molar-refractivity contribution in [2.24, 2.45) is 17.2 Å². The second-order valence-corrected chi connectivity index (χ2v) is 28.0. The molecule has 0 saturated heterocycles. The summed E-state index contributed by atoms with van der Waals surface area (Å²) in [6, 6.07) is 11.1. The second-order valence-electron chi connectivity index (χ2n) is 27.2. The smallest absolute Gasteiger partial charge is 0.327 e. The van der Waals surface area contributed by atoms with Gasteiger partial charge in [-0.3, -0.25) is 67.1 Å². The number of hydrogen-bond donors (Lipinski definition) is 23. The molecular formula is C76H105N17O19S2. The van der Waals surface area contributed by atoms with Crippen molar-refractivity contribution in [3.63, 3.8) is 0 Å². The van der Waals surface area contributed by atoms with Crippen LogP contribution < -0.4 is 86.3 Å². The van der Waals surface area contributed by atoms with Crippen molar-refractivity contribution >= 4 is 125 Å². The number of carboxylic acids is 1. The second kappa shape index (κ2) is 48.1. The van der Waals surface area contributed by atoms with E-state index in [1.165, 1.54) is 6.92 Å². The molecule has 1 aromatic heterocycles. The number of benzene rings is 4. The van der Waals surface area contributed by atoms with Crippen molar-refractivity contribution in [2.45, 2.75) is 189 Å². The first-order chi connectivity index (χ1) is 54.3. The minimum Gasteiger partial charge on any atom is -0.480 e. The summed E-state index contributed by atoms with van der Waals surface area (Å²) in [4.78, 5) is 211. The van der Waals surface area contributed by atoms with Gasteiger partial charge in [0.1, 0.15) is 72.5 Å². The number of aliphatic carboxylic acids is 1. The van der Waals surface area contributed by atoms with E-state index in [1.807, 2.05) is 0 Å². The zero-order chi connectivity index (χ0) is 84.1. The summed E-state index contributed by atoms with van der Waals surface area (Å²) in [6.07, 6.45) is -2.61. The number of carboxylic acid groups (broad SMARTS) is 1. The van der Waals surface area contributed by atoms with Crippen molar-refractivity contribution in [3.8, 4) is 0 Å². The SMILES string of the molecule is CCCC[C@@H](NC(=O)[C@H](CS)NC(=O)CNC(=O)[C@H](C)N)C(=O)N[C@@H](CC(N)=O)C(=O)N[C@@H](Cc1ccccc1)C(=O)N[C@@H](Cc1ccccc1)C(=O)N[C@@H](Cc1c[nH]c2ccccc12)C(=O)N[C@@H](CCCCN)C(=O)N[C@H](C(=O)N[C@@H](Cc1ccccc1)C(=O)N[C@H](C(=O)N[C@@H](CO)C(=O)N[C@@H](CS)C(=O)O)[C@@H](C)O)[C@@H](C)O. The monoisotopic (exact) mass is 1620 g/mol. The van der Waals surface area contributed by atoms with Crippen molar-refractivity contribution < 1.29 is 92.3 Å². The summed E-state index contributed by atoms with van der Waals surface area (Å²) in [7, 11) is 0. The number of aromatic amines is 1. The van der Waals surface area contributed by atoms with Crippen LogP contribution in [0.3, 0.4) is 0 Å². The zero-order valence-electron chi connectivity index (χ0n) is 63.6. The van der Waals surface area contributed by atoms with Crippen molar-refractivity contribution in [1.29, 1.82) is 0 Å². The molecule has 1 heterocycles. The van der Waals surface area contributed by atoms with Gasteiger partial charge in [-0.1, -0.05) is 129 Å². The number of carbonyl (C=O) groups excluding carboxylic acids is 14. The lowest BCUT2D eigenvalue weighted by molar-refractivity contribution is -0.142. The van der Waals surface area contributed by atoms with Crippen molar-refractivity contribution in [2.75, 3.05) is 31.2 Å². The number of thiol groups is 2. The predicted octanol–water partition coefficient (Wildman–Crippen LogP) is -4.39. The van der Waals surface area contributed by atoms with E-state index in [1.54, 1.807) is 128 Å². The van der Waals surface area contributed by atoms with Crippen LogP contribution in [-0.2, 0) is 97.6 Å². The van der Waals surface area contributed by atoms with Gasteiger partial charge < -0.3 is 112 Å². The Labute approximate surface area is 669 Å². The lowest BCUT2D eigenvalue weighted by Gasteiger charge is -2.29. The molecule has 620 valence electrons. The standard InChI is InChI=1S/C76H105N17O19S2/c1-5-6-27-50(84-73(108)58(39-113)82-61(98)37-81-64(99)41(2)78)65(100)88-56(35-60(79)97)70(105)86-52(31-44-20-10-7-11-21-44)67(102)85-53(32-45-22-12-8-13-23-45)68(103)87-55(34-47-36-80-49-28-17-16-26-48(47)49)69(104)83-51(29-18-19-30-77)66(101)92-62(42(3)95)74(109)89-54(33-46-24-14-9-15-25-46)71(106)93-63(43(4)96)75(110)90-57(38-94)72(107)91-59(40-114)76(111)112/h7-17,20-26,28,36,41-43,50-59,62-63,80,94-96,113-114H,5-6,18-19,27,29-35,37-40,77-78H2,1-4H3,(H2,79,97)(H,81,99)(H,82,98)(H,83,104)(H,84,108)(H,85,102)(H,86,105)(H,87,103)(H,88,100)(H,89,109)(H,90,110)(H,91,107)(H,92,101)(H,93,106)(H,111,112)/t41-,42+,43+,50+,51-,52-,53-,54-,55-,56-,57-,58-,59-,62-,63-/m0/s1. The number of primary amides is 1. The Kier molecular flexibility index (Phi) is 39.5. The van der Waals surface area contributed by atoms with E-state index in [0.29, 0.717) is 52.4 Å². The van der Waals surface area contributed by atoms with E-state index in [0.717, 1.165) is 13.8 Å². The van der Waals surface area contributed by atoms with Crippen LogP contribution in [0.5, 0.6) is 0 Å². The number of unbranched alkanes of at least 4 members (excludes halogenated alkanes) is 2. The maximum absolute atomic E-state index is 15.3. The van der Waals surface area contributed by atoms with Gasteiger partial charge >= 0.3 is 5.97 Å². The Hall–Kier alpha value is -11.0. The van der Waals surface area contributed by atoms with Crippen molar-refractivity contribution in [1.82, 2.24) is 74.1 Å². The van der Waals surface area contributed by atoms with Crippen LogP contribution in [0.25, 0.3) is 10.9 Å². The maximum atomic E-state index is 15.3. The molecule has 0 aliphatic rings. The molecule has 5 rings (SSSR count). The number of aromatic nitrogens is 1. The molecule has 14 amide bonds. The molecule has 38 heteroatoms. The minimum atomic E-state index is -1.91. The highest BCUT2D eigenvalue weighted by atomic mass is 32.1. The Morgan fingerprint density at radius 1 is 0.430 bits per heavy atom. The van der Waals surface area contributed by atoms with Crippen LogP contribution in [0.2, 0.25) is 0 Å². The van der Waals surface area contributed by atoms with Gasteiger partial charge in [-0.2, -0.15) is 25.3 Å². The number of nitrogens with one attached hydrogen (secondary N) is 14. The lowest BCUT2D eigenvalue weighted by atomic mass is 10.00. The number of H-pyrrole nitrogens is 1. The Bertz CT molecular complexity index is 4070. The van der Waals surface area contributed by atoms with Gasteiger partial charge in [0.2, 0.25) is 82.7 Å². The molecule has 0 radical (unpaired) electrons. The Balaban J connectivity index is 1.47. The predicted molar refractivity (Wildman–Crippen MR) is 424 cm³/mol. The molecule has 114 heavy (non-hydrogen) atoms. The Morgan fingerprint density at radius 2 is 0.798 bits per heavy atom. The molecule has 0 bridgehead atoms. The number of fused-ring (bicyclic) bond motifs is 1. The fourth-order valence-corrected chi connectivity index (χ4v) is 12.2. The van der Waals surface area contributed by atoms with Crippen molar-refractivity contribution in [3.05, 3.63) is 144 Å². The van der Waals surface area contributed by atoms with Crippen LogP contribution in [0.15, 0.2) is 121 Å². The van der Waals surface area contributed by atoms with Gasteiger partial charge in [0.15, 0.2) is 0 Å². The lowest BCUT2D eigenvalue weighted by Crippen LogP contribution is -2.63. The summed E-state index contributed by atoms with van der Waals surface area (Å²) in [5, 5.41) is 74.4. The van der Waals surface area contributed by atoms with Crippen LogP contribution in [0.4, 0.5) is 0 Å². The fraction of sp³-hybridized carbons (Fsp3) is 0.461. The number of carbonyl (C=O) groups is 15. The summed E-state index contributed by atoms with van der Waals surface area (Å²) in [6.45, 7) is 3.99. The highest BCUT2D eigenvalue weighted by Gasteiger charge is 2.39. The van der Waals surface area contributed by atoms with Gasteiger partial charge in [-0.05, 0) is 81.3 Å². The number of rotatable bonds is 49. The molecule has 36 nitrogen and oxygen atoms in total. The third-order valence-electron chi connectivity index (χ3n) is 18.0. The van der Waals surface area contributed by atoms with Crippen LogP contribution in [0, 0.1) is 0 Å². The molecular weight excluding hydrogens is 1520 g/mol. The maximum Gasteiger partial charge on any atom is 0.327 e. The third kappa shape index (κ3) is 30.8. The molecule has 0 fully saturated rings. The molecule has 24 N–H and O–H groups in total. The quantitative estimate of drug-likeness (QED) is 0.0129. The number of nitrogens with two attached hydrogens (primary N) is 3. The van der Waals surface area contributed by atoms with Crippen LogP contribution in [0.1, 0.15) is 94.9 Å². The van der Waals surface area contributed by atoms with Gasteiger partial charge in [0, 0.05) is 54.3 Å².